The molecule has 0 spiro atoms. The number of hydrogen-bond acceptors (Lipinski definition) is 6. The molecule has 1 fully saturated rings. The molecule has 2 aliphatic rings. The van der Waals surface area contributed by atoms with Crippen molar-refractivity contribution in [3.05, 3.63) is 69.4 Å². The van der Waals surface area contributed by atoms with Gasteiger partial charge >= 0.3 is 0 Å². The number of nitrogens with one attached hydrogen (secondary N) is 3. The lowest BCUT2D eigenvalue weighted by atomic mass is 9.68. The lowest BCUT2D eigenvalue weighted by Gasteiger charge is -2.48. The van der Waals surface area contributed by atoms with Gasteiger partial charge in [0.25, 0.3) is 0 Å². The second kappa shape index (κ2) is 12.0. The summed E-state index contributed by atoms with van der Waals surface area (Å²) in [6, 6.07) is 6.60. The summed E-state index contributed by atoms with van der Waals surface area (Å²) in [7, 11) is 0. The van der Waals surface area contributed by atoms with E-state index in [1.54, 1.807) is 13.8 Å². The Kier molecular flexibility index (Phi) is 9.19. The summed E-state index contributed by atoms with van der Waals surface area (Å²) in [6.45, 7) is 21.1. The van der Waals surface area contributed by atoms with Crippen LogP contribution in [-0.2, 0) is 0 Å². The Labute approximate surface area is 221 Å². The van der Waals surface area contributed by atoms with Crippen LogP contribution in [0.15, 0.2) is 47.8 Å². The Bertz CT molecular complexity index is 1360. The lowest BCUT2D eigenvalue weighted by molar-refractivity contribution is 0.0854. The number of aryl methyl sites for hydroxylation is 1. The van der Waals surface area contributed by atoms with Crippen LogP contribution in [0.3, 0.4) is 0 Å². The van der Waals surface area contributed by atoms with Crippen molar-refractivity contribution in [1.82, 2.24) is 20.7 Å². The summed E-state index contributed by atoms with van der Waals surface area (Å²) in [5, 5.41) is 18.8. The highest BCUT2D eigenvalue weighted by Crippen LogP contribution is 2.38. The molecule has 37 heavy (non-hydrogen) atoms. The highest BCUT2D eigenvalue weighted by molar-refractivity contribution is 5.97. The molecule has 0 radical (unpaired) electrons. The Morgan fingerprint density at radius 2 is 1.81 bits per heavy atom. The highest BCUT2D eigenvalue weighted by atomic mass is 15.3. The smallest absolute Gasteiger partial charge is 0.0909 e. The largest absolute Gasteiger partial charge is 0.310 e. The van der Waals surface area contributed by atoms with Crippen molar-refractivity contribution >= 4 is 23.7 Å². The van der Waals surface area contributed by atoms with Gasteiger partial charge in [0.05, 0.1) is 22.1 Å². The SMILES string of the molecule is C=c1cc/c(=c2/cn/c(=C3\C=CC(CC4CC(C)(C)NC(C)C4C(C)C)=NN3)c(C)c2)cn1.CC(C)=N. The maximum absolute atomic E-state index is 6.50. The van der Waals surface area contributed by atoms with Crippen LogP contribution in [0.1, 0.15) is 66.9 Å². The molecule has 3 N–H and O–H groups in total. The fraction of sp³-hybridized carbons (Fsp3) is 0.484. The van der Waals surface area contributed by atoms with Gasteiger partial charge < -0.3 is 10.7 Å². The fourth-order valence-electron chi connectivity index (χ4n) is 5.81. The normalized spacial score (nSPS) is 25.0. The van der Waals surface area contributed by atoms with Gasteiger partial charge in [-0.15, -0.1) is 0 Å². The van der Waals surface area contributed by atoms with Gasteiger partial charge in [-0.1, -0.05) is 26.5 Å². The van der Waals surface area contributed by atoms with E-state index in [-0.39, 0.29) is 5.54 Å². The predicted octanol–water partition coefficient (Wildman–Crippen LogP) is 4.59. The number of pyridine rings is 2. The molecule has 4 heterocycles. The Hall–Kier alpha value is -3.12. The first-order chi connectivity index (χ1) is 17.4. The van der Waals surface area contributed by atoms with Crippen molar-refractivity contribution < 1.29 is 0 Å². The van der Waals surface area contributed by atoms with Gasteiger partial charge in [0.2, 0.25) is 0 Å². The molecule has 0 bridgehead atoms. The van der Waals surface area contributed by atoms with E-state index >= 15 is 0 Å². The number of piperidine rings is 1. The second-order valence-electron chi connectivity index (χ2n) is 11.7. The number of nitrogens with zero attached hydrogens (tertiary/aromatic N) is 3. The number of hydrogen-bond donors (Lipinski definition) is 3. The zero-order valence-corrected chi connectivity index (χ0v) is 23.8. The predicted molar refractivity (Wildman–Crippen MR) is 156 cm³/mol. The molecule has 2 aromatic heterocycles. The Morgan fingerprint density at radius 3 is 2.35 bits per heavy atom. The first-order valence-corrected chi connectivity index (χ1v) is 13.3. The zero-order valence-electron chi connectivity index (χ0n) is 23.8. The molecule has 6 nitrogen and oxygen atoms in total. The minimum atomic E-state index is 0.158. The Morgan fingerprint density at radius 1 is 1.14 bits per heavy atom. The number of allylic oxidation sites excluding steroid dienone is 1. The van der Waals surface area contributed by atoms with E-state index in [9.17, 15) is 0 Å². The molecule has 1 saturated heterocycles. The Balaban J connectivity index is 0.000000886. The number of rotatable bonds is 3. The third-order valence-corrected chi connectivity index (χ3v) is 7.01. The van der Waals surface area contributed by atoms with Crippen LogP contribution in [0.5, 0.6) is 0 Å². The van der Waals surface area contributed by atoms with Crippen LogP contribution in [0.25, 0.3) is 12.3 Å². The van der Waals surface area contributed by atoms with Gasteiger partial charge in [-0.2, -0.15) is 5.10 Å². The summed E-state index contributed by atoms with van der Waals surface area (Å²) in [5.74, 6) is 1.89. The highest BCUT2D eigenvalue weighted by Gasteiger charge is 2.40. The van der Waals surface area contributed by atoms with Crippen LogP contribution in [0, 0.1) is 40.5 Å². The molecule has 6 heteroatoms. The van der Waals surface area contributed by atoms with Crippen molar-refractivity contribution in [3.8, 4) is 0 Å². The van der Waals surface area contributed by atoms with Crippen molar-refractivity contribution in [2.45, 2.75) is 79.8 Å². The fourth-order valence-corrected chi connectivity index (χ4v) is 5.81. The molecule has 198 valence electrons. The zero-order chi connectivity index (χ0) is 27.3. The molecular weight excluding hydrogens is 456 g/mol. The summed E-state index contributed by atoms with van der Waals surface area (Å²) >= 11 is 0. The van der Waals surface area contributed by atoms with Gasteiger partial charge in [-0.05, 0) is 102 Å². The maximum atomic E-state index is 6.50. The average molecular weight is 501 g/mol. The van der Waals surface area contributed by atoms with Crippen LogP contribution >= 0.6 is 0 Å². The van der Waals surface area contributed by atoms with E-state index in [1.165, 1.54) is 0 Å². The monoisotopic (exact) mass is 500 g/mol. The maximum Gasteiger partial charge on any atom is 0.0909 e. The molecule has 0 saturated carbocycles. The van der Waals surface area contributed by atoms with Gasteiger partial charge in [0, 0.05) is 40.1 Å². The van der Waals surface area contributed by atoms with Crippen molar-refractivity contribution in [2.24, 2.45) is 22.9 Å². The second-order valence-corrected chi connectivity index (χ2v) is 11.7. The summed E-state index contributed by atoms with van der Waals surface area (Å²) in [5.41, 5.74) is 7.26. The first-order valence-electron chi connectivity index (χ1n) is 13.3. The molecule has 0 aliphatic carbocycles. The quantitative estimate of drug-likeness (QED) is 0.538. The van der Waals surface area contributed by atoms with Crippen LogP contribution in [0.4, 0.5) is 0 Å². The molecular formula is C31H44N6. The van der Waals surface area contributed by atoms with Gasteiger partial charge in [-0.25, -0.2) is 0 Å². The van der Waals surface area contributed by atoms with Crippen molar-refractivity contribution in [2.75, 3.05) is 0 Å². The van der Waals surface area contributed by atoms with E-state index in [0.717, 1.165) is 50.9 Å². The summed E-state index contributed by atoms with van der Waals surface area (Å²) in [6.07, 6.45) is 10.2. The number of aromatic nitrogens is 2. The van der Waals surface area contributed by atoms with Gasteiger partial charge in [-0.3, -0.25) is 15.4 Å². The van der Waals surface area contributed by atoms with Crippen molar-refractivity contribution in [3.63, 3.8) is 0 Å². The molecule has 0 aromatic carbocycles. The van der Waals surface area contributed by atoms with Crippen LogP contribution < -0.4 is 21.4 Å². The third kappa shape index (κ3) is 7.68. The first kappa shape index (κ1) is 28.5. The minimum Gasteiger partial charge on any atom is -0.310 e. The number of hydrazone groups is 1. The van der Waals surface area contributed by atoms with Crippen LogP contribution in [0.2, 0.25) is 0 Å². The molecule has 3 unspecified atom stereocenters. The molecule has 2 aromatic rings. The summed E-state index contributed by atoms with van der Waals surface area (Å²) < 4.78 is 0. The topological polar surface area (TPSA) is 86.1 Å². The standard InChI is InChI=1S/C28H37N5.C3H7N/c1-17(2)26-20(5)31-28(6,7)14-22(26)13-24-10-11-25(33-32-24)27-18(3)12-23(16-30-27)21-9-8-19(4)29-15-21;1-3(2)4/h8-12,15-17,20,22,26,31,33H,4,13-14H2,1-3,5-7H3;4H,1-2H3/b23-21-,27-25+;. The van der Waals surface area contributed by atoms with E-state index in [1.807, 2.05) is 24.5 Å². The minimum absolute atomic E-state index is 0.158. The lowest BCUT2D eigenvalue weighted by Crippen LogP contribution is -2.57. The van der Waals surface area contributed by atoms with E-state index in [0.29, 0.717) is 29.5 Å². The van der Waals surface area contributed by atoms with Crippen molar-refractivity contribution in [1.29, 1.82) is 5.41 Å². The van der Waals surface area contributed by atoms with Gasteiger partial charge in [0.15, 0.2) is 0 Å². The average Bonchev–Trinajstić information content (AvgIpc) is 2.78. The van der Waals surface area contributed by atoms with E-state index < -0.39 is 0 Å². The summed E-state index contributed by atoms with van der Waals surface area (Å²) in [4.78, 5) is 9.03. The molecule has 4 rings (SSSR count). The molecule has 2 aliphatic heterocycles. The van der Waals surface area contributed by atoms with E-state index in [2.05, 4.69) is 82.1 Å². The van der Waals surface area contributed by atoms with E-state index in [4.69, 9.17) is 15.5 Å². The van der Waals surface area contributed by atoms with Gasteiger partial charge in [0.1, 0.15) is 0 Å². The van der Waals surface area contributed by atoms with Crippen LogP contribution in [-0.4, -0.2) is 33.0 Å². The molecule has 3 atom stereocenters. The molecule has 0 amide bonds. The third-order valence-electron chi connectivity index (χ3n) is 7.01.